The molecule has 31 heavy (non-hydrogen) atoms. The van der Waals surface area contributed by atoms with Gasteiger partial charge in [0, 0.05) is 49.3 Å². The van der Waals surface area contributed by atoms with Gasteiger partial charge >= 0.3 is 0 Å². The fraction of sp³-hybridized carbons (Fsp3) is 0.417. The second kappa shape index (κ2) is 8.86. The Hall–Kier alpha value is -3.24. The van der Waals surface area contributed by atoms with Crippen molar-refractivity contribution in [2.45, 2.75) is 39.2 Å². The minimum Gasteiger partial charge on any atom is -0.381 e. The standard InChI is InChI=1S/C24H27N5O2/c1-4-26-21-15(2)22(24(30)27-19-8-11-31-12-9-19)28-23(21)16(3)29-10-7-18-13-17(14-25)5-6-20(18)29/h4-6,13,15,19H,1,7-12H2,2-3H3,(H,27,30)/b23-16-,26-21-/t15-/m1/s1. The highest BCUT2D eigenvalue weighted by molar-refractivity contribution is 6.47. The molecule has 1 N–H and O–H groups in total. The van der Waals surface area contributed by atoms with E-state index in [1.54, 1.807) is 0 Å². The van der Waals surface area contributed by atoms with Gasteiger partial charge < -0.3 is 15.0 Å². The molecule has 7 heteroatoms. The maximum absolute atomic E-state index is 13.0. The molecule has 1 atom stereocenters. The molecule has 1 amide bonds. The molecular weight excluding hydrogens is 390 g/mol. The smallest absolute Gasteiger partial charge is 0.266 e. The molecule has 3 aliphatic rings. The topological polar surface area (TPSA) is 90.1 Å². The number of anilines is 1. The lowest BCUT2D eigenvalue weighted by molar-refractivity contribution is -0.116. The maximum atomic E-state index is 13.0. The average molecular weight is 418 g/mol. The van der Waals surface area contributed by atoms with Crippen LogP contribution in [0, 0.1) is 17.2 Å². The highest BCUT2D eigenvalue weighted by Gasteiger charge is 2.36. The molecule has 0 saturated carbocycles. The Kier molecular flexibility index (Phi) is 6.01. The number of allylic oxidation sites excluding steroid dienone is 2. The number of ether oxygens (including phenoxy) is 1. The second-order valence-corrected chi connectivity index (χ2v) is 8.07. The molecule has 1 saturated heterocycles. The molecule has 0 bridgehead atoms. The van der Waals surface area contributed by atoms with E-state index in [-0.39, 0.29) is 17.9 Å². The number of carbonyl (C=O) groups excluding carboxylic acids is 1. The fourth-order valence-corrected chi connectivity index (χ4v) is 4.44. The van der Waals surface area contributed by atoms with Gasteiger partial charge in [-0.25, -0.2) is 4.99 Å². The number of fused-ring (bicyclic) bond motifs is 1. The van der Waals surface area contributed by atoms with Gasteiger partial charge in [0.05, 0.1) is 17.3 Å². The number of hydrogen-bond acceptors (Lipinski definition) is 6. The highest BCUT2D eigenvalue weighted by Crippen LogP contribution is 2.35. The maximum Gasteiger partial charge on any atom is 0.266 e. The van der Waals surface area contributed by atoms with Crippen LogP contribution >= 0.6 is 0 Å². The summed E-state index contributed by atoms with van der Waals surface area (Å²) in [4.78, 5) is 24.4. The summed E-state index contributed by atoms with van der Waals surface area (Å²) < 4.78 is 5.38. The number of nitrogens with one attached hydrogen (secondary N) is 1. The number of nitriles is 1. The number of carbonyl (C=O) groups is 1. The summed E-state index contributed by atoms with van der Waals surface area (Å²) in [6.07, 6.45) is 4.00. The van der Waals surface area contributed by atoms with Gasteiger partial charge in [0.1, 0.15) is 11.4 Å². The van der Waals surface area contributed by atoms with Crippen LogP contribution in [0.25, 0.3) is 0 Å². The zero-order valence-corrected chi connectivity index (χ0v) is 18.0. The van der Waals surface area contributed by atoms with E-state index in [9.17, 15) is 10.1 Å². The van der Waals surface area contributed by atoms with Crippen molar-refractivity contribution in [3.05, 3.63) is 53.5 Å². The zero-order valence-electron chi connectivity index (χ0n) is 18.0. The molecule has 0 spiro atoms. The molecule has 4 rings (SSSR count). The third-order valence-corrected chi connectivity index (χ3v) is 6.17. The SMILES string of the molecule is C=C/N=C1\C(=C(/C)N2CCc3cc(C#N)ccc32)N=C(C(=O)NC2CCOCC2)[C@@H]1C. The first kappa shape index (κ1) is 21.0. The largest absolute Gasteiger partial charge is 0.381 e. The van der Waals surface area contributed by atoms with E-state index in [0.717, 1.165) is 54.2 Å². The van der Waals surface area contributed by atoms with Gasteiger partial charge in [0.25, 0.3) is 5.91 Å². The Balaban J connectivity index is 1.66. The number of aliphatic imine (C=N–C) groups is 2. The zero-order chi connectivity index (χ0) is 22.0. The normalized spacial score (nSPS) is 23.9. The summed E-state index contributed by atoms with van der Waals surface area (Å²) in [5, 5.41) is 12.3. The lowest BCUT2D eigenvalue weighted by Crippen LogP contribution is -2.43. The van der Waals surface area contributed by atoms with Crippen LogP contribution in [0.1, 0.15) is 37.8 Å². The van der Waals surface area contributed by atoms with Gasteiger partial charge in [-0.2, -0.15) is 5.26 Å². The van der Waals surface area contributed by atoms with Crippen molar-refractivity contribution in [3.63, 3.8) is 0 Å². The molecule has 0 aromatic heterocycles. The predicted molar refractivity (Wildman–Crippen MR) is 121 cm³/mol. The van der Waals surface area contributed by atoms with Crippen LogP contribution in [0.5, 0.6) is 0 Å². The molecule has 3 heterocycles. The Morgan fingerprint density at radius 2 is 2.19 bits per heavy atom. The summed E-state index contributed by atoms with van der Waals surface area (Å²) in [5.41, 5.74) is 5.80. The number of benzene rings is 1. The van der Waals surface area contributed by atoms with Crippen molar-refractivity contribution in [2.24, 2.45) is 15.9 Å². The molecule has 7 nitrogen and oxygen atoms in total. The summed E-state index contributed by atoms with van der Waals surface area (Å²) in [7, 11) is 0. The van der Waals surface area contributed by atoms with Crippen molar-refractivity contribution in [1.82, 2.24) is 5.32 Å². The molecular formula is C24H27N5O2. The number of rotatable bonds is 4. The van der Waals surface area contributed by atoms with E-state index >= 15 is 0 Å². The Labute approximate surface area is 182 Å². The molecule has 3 aliphatic heterocycles. The third kappa shape index (κ3) is 4.04. The number of amides is 1. The van der Waals surface area contributed by atoms with Crippen molar-refractivity contribution in [3.8, 4) is 6.07 Å². The van der Waals surface area contributed by atoms with Gasteiger partial charge in [0.15, 0.2) is 0 Å². The molecule has 160 valence electrons. The van der Waals surface area contributed by atoms with Gasteiger partial charge in [-0.1, -0.05) is 13.5 Å². The third-order valence-electron chi connectivity index (χ3n) is 6.17. The molecule has 1 fully saturated rings. The van der Waals surface area contributed by atoms with E-state index in [0.29, 0.717) is 24.5 Å². The van der Waals surface area contributed by atoms with Gasteiger partial charge in [-0.05, 0) is 49.9 Å². The Bertz CT molecular complexity index is 1040. The van der Waals surface area contributed by atoms with Crippen LogP contribution < -0.4 is 10.2 Å². The summed E-state index contributed by atoms with van der Waals surface area (Å²) >= 11 is 0. The summed E-state index contributed by atoms with van der Waals surface area (Å²) in [6, 6.07) is 8.08. The first-order valence-corrected chi connectivity index (χ1v) is 10.7. The van der Waals surface area contributed by atoms with Crippen molar-refractivity contribution < 1.29 is 9.53 Å². The first-order valence-electron chi connectivity index (χ1n) is 10.7. The lowest BCUT2D eigenvalue weighted by Gasteiger charge is -2.23. The number of hydrogen-bond donors (Lipinski definition) is 1. The van der Waals surface area contributed by atoms with Crippen molar-refractivity contribution >= 4 is 23.0 Å². The molecule has 0 unspecified atom stereocenters. The molecule has 0 aliphatic carbocycles. The first-order chi connectivity index (χ1) is 15.0. The van der Waals surface area contributed by atoms with Crippen LogP contribution in [0.4, 0.5) is 5.69 Å². The predicted octanol–water partition coefficient (Wildman–Crippen LogP) is 3.12. The van der Waals surface area contributed by atoms with Gasteiger partial charge in [0.2, 0.25) is 0 Å². The van der Waals surface area contributed by atoms with Crippen LogP contribution in [0.2, 0.25) is 0 Å². The number of nitrogens with zero attached hydrogens (tertiary/aromatic N) is 4. The minimum atomic E-state index is -0.217. The molecule has 1 aromatic rings. The monoisotopic (exact) mass is 417 g/mol. The highest BCUT2D eigenvalue weighted by atomic mass is 16.5. The Morgan fingerprint density at radius 3 is 2.90 bits per heavy atom. The van der Waals surface area contributed by atoms with E-state index < -0.39 is 0 Å². The Morgan fingerprint density at radius 1 is 1.42 bits per heavy atom. The van der Waals surface area contributed by atoms with E-state index in [2.05, 4.69) is 27.9 Å². The molecule has 0 radical (unpaired) electrons. The fourth-order valence-electron chi connectivity index (χ4n) is 4.44. The summed E-state index contributed by atoms with van der Waals surface area (Å²) in [6.45, 7) is 9.86. The van der Waals surface area contributed by atoms with Crippen LogP contribution in [0.3, 0.4) is 0 Å². The van der Waals surface area contributed by atoms with E-state index in [1.807, 2.05) is 32.0 Å². The van der Waals surface area contributed by atoms with Gasteiger partial charge in [-0.15, -0.1) is 0 Å². The van der Waals surface area contributed by atoms with Crippen molar-refractivity contribution in [2.75, 3.05) is 24.7 Å². The minimum absolute atomic E-state index is 0.116. The van der Waals surface area contributed by atoms with Crippen molar-refractivity contribution in [1.29, 1.82) is 5.26 Å². The quantitative estimate of drug-likeness (QED) is 0.815. The average Bonchev–Trinajstić information content (AvgIpc) is 3.35. The second-order valence-electron chi connectivity index (χ2n) is 8.07. The van der Waals surface area contributed by atoms with E-state index in [4.69, 9.17) is 9.73 Å². The van der Waals surface area contributed by atoms with Crippen LogP contribution in [-0.2, 0) is 16.0 Å². The molecule has 1 aromatic carbocycles. The lowest BCUT2D eigenvalue weighted by atomic mass is 9.99. The van der Waals surface area contributed by atoms with Crippen LogP contribution in [-0.4, -0.2) is 43.1 Å². The van der Waals surface area contributed by atoms with E-state index in [1.165, 1.54) is 6.20 Å². The summed E-state index contributed by atoms with van der Waals surface area (Å²) in [5.74, 6) is -0.356. The van der Waals surface area contributed by atoms with Gasteiger partial charge in [-0.3, -0.25) is 9.79 Å². The van der Waals surface area contributed by atoms with Crippen LogP contribution in [0.15, 0.2) is 52.4 Å².